The molecule has 0 amide bonds. The molecule has 0 aliphatic carbocycles. The first-order valence-corrected chi connectivity index (χ1v) is 6.61. The van der Waals surface area contributed by atoms with E-state index in [-0.39, 0.29) is 0 Å². The second kappa shape index (κ2) is 5.38. The number of nitrogens with zero attached hydrogens (tertiary/aromatic N) is 1. The minimum absolute atomic E-state index is 0.413. The molecule has 94 valence electrons. The summed E-state index contributed by atoms with van der Waals surface area (Å²) in [7, 11) is 2.03. The lowest BCUT2D eigenvalue weighted by molar-refractivity contribution is 0.265. The van der Waals surface area contributed by atoms with Crippen molar-refractivity contribution in [3.8, 4) is 0 Å². The molecule has 1 atom stereocenters. The summed E-state index contributed by atoms with van der Waals surface area (Å²) in [4.78, 5) is 2.50. The number of benzene rings is 1. The largest absolute Gasteiger partial charge is 0.319 e. The molecule has 0 spiro atoms. The first-order valence-electron chi connectivity index (χ1n) is 6.23. The highest BCUT2D eigenvalue weighted by molar-refractivity contribution is 6.31. The zero-order valence-electron chi connectivity index (χ0n) is 10.7. The third-order valence-electron chi connectivity index (χ3n) is 3.59. The van der Waals surface area contributed by atoms with Gasteiger partial charge in [-0.2, -0.15) is 0 Å². The Morgan fingerprint density at radius 2 is 2.18 bits per heavy atom. The fourth-order valence-electron chi connectivity index (χ4n) is 2.70. The first kappa shape index (κ1) is 12.9. The van der Waals surface area contributed by atoms with Crippen LogP contribution in [-0.4, -0.2) is 31.6 Å². The highest BCUT2D eigenvalue weighted by Gasteiger charge is 2.32. The summed E-state index contributed by atoms with van der Waals surface area (Å²) in [5.74, 6) is 0. The maximum atomic E-state index is 6.20. The summed E-state index contributed by atoms with van der Waals surface area (Å²) >= 11 is 6.20. The summed E-state index contributed by atoms with van der Waals surface area (Å²) in [6, 6.07) is 8.14. The normalized spacial score (nSPS) is 25.4. The molecule has 1 aromatic rings. The molecule has 17 heavy (non-hydrogen) atoms. The van der Waals surface area contributed by atoms with Gasteiger partial charge in [0, 0.05) is 24.7 Å². The van der Waals surface area contributed by atoms with Crippen molar-refractivity contribution in [2.45, 2.75) is 19.9 Å². The lowest BCUT2D eigenvalue weighted by atomic mass is 9.90. The van der Waals surface area contributed by atoms with E-state index in [1.807, 2.05) is 19.2 Å². The standard InChI is InChI=1S/C14H21ClN2/c1-14(10-16-2)7-8-17(11-14)9-12-5-3-4-6-13(12)15/h3-6,16H,7-11H2,1-2H3. The Morgan fingerprint density at radius 1 is 1.41 bits per heavy atom. The predicted octanol–water partition coefficient (Wildman–Crippen LogP) is 2.77. The van der Waals surface area contributed by atoms with E-state index >= 15 is 0 Å². The van der Waals surface area contributed by atoms with E-state index in [4.69, 9.17) is 11.6 Å². The van der Waals surface area contributed by atoms with E-state index in [2.05, 4.69) is 29.3 Å². The average Bonchev–Trinajstić information content (AvgIpc) is 2.64. The third kappa shape index (κ3) is 3.21. The quantitative estimate of drug-likeness (QED) is 0.887. The Morgan fingerprint density at radius 3 is 2.88 bits per heavy atom. The van der Waals surface area contributed by atoms with Crippen LogP contribution >= 0.6 is 11.6 Å². The molecule has 1 aliphatic rings. The van der Waals surface area contributed by atoms with E-state index in [0.29, 0.717) is 5.41 Å². The SMILES string of the molecule is CNCC1(C)CCN(Cc2ccccc2Cl)C1. The van der Waals surface area contributed by atoms with Gasteiger partial charge in [-0.15, -0.1) is 0 Å². The van der Waals surface area contributed by atoms with Crippen molar-refractivity contribution in [3.05, 3.63) is 34.9 Å². The molecule has 0 bridgehead atoms. The number of halogens is 1. The number of hydrogen-bond acceptors (Lipinski definition) is 2. The van der Waals surface area contributed by atoms with Gasteiger partial charge in [0.2, 0.25) is 0 Å². The van der Waals surface area contributed by atoms with Crippen LogP contribution in [-0.2, 0) is 6.54 Å². The van der Waals surface area contributed by atoms with Crippen LogP contribution in [0.2, 0.25) is 5.02 Å². The van der Waals surface area contributed by atoms with Crippen molar-refractivity contribution in [3.63, 3.8) is 0 Å². The van der Waals surface area contributed by atoms with Crippen LogP contribution in [0.3, 0.4) is 0 Å². The van der Waals surface area contributed by atoms with Gasteiger partial charge >= 0.3 is 0 Å². The molecule has 2 nitrogen and oxygen atoms in total. The molecule has 1 heterocycles. The van der Waals surface area contributed by atoms with Gasteiger partial charge in [0.15, 0.2) is 0 Å². The van der Waals surface area contributed by atoms with E-state index in [0.717, 1.165) is 24.7 Å². The van der Waals surface area contributed by atoms with Crippen molar-refractivity contribution in [1.29, 1.82) is 0 Å². The molecule has 3 heteroatoms. The molecular formula is C14H21ClN2. The van der Waals surface area contributed by atoms with Crippen LogP contribution in [0, 0.1) is 5.41 Å². The van der Waals surface area contributed by atoms with Crippen molar-refractivity contribution in [2.75, 3.05) is 26.7 Å². The molecule has 0 radical (unpaired) electrons. The lowest BCUT2D eigenvalue weighted by Crippen LogP contribution is -2.32. The number of hydrogen-bond donors (Lipinski definition) is 1. The number of likely N-dealkylation sites (tertiary alicyclic amines) is 1. The smallest absolute Gasteiger partial charge is 0.0451 e. The third-order valence-corrected chi connectivity index (χ3v) is 3.96. The van der Waals surface area contributed by atoms with E-state index in [1.165, 1.54) is 18.5 Å². The molecule has 1 unspecified atom stereocenters. The van der Waals surface area contributed by atoms with Crippen LogP contribution in [0.4, 0.5) is 0 Å². The molecule has 2 rings (SSSR count). The van der Waals surface area contributed by atoms with E-state index < -0.39 is 0 Å². The number of rotatable bonds is 4. The fraction of sp³-hybridized carbons (Fsp3) is 0.571. The Kier molecular flexibility index (Phi) is 4.08. The average molecular weight is 253 g/mol. The highest BCUT2D eigenvalue weighted by Crippen LogP contribution is 2.30. The summed E-state index contributed by atoms with van der Waals surface area (Å²) in [6.07, 6.45) is 1.26. The summed E-state index contributed by atoms with van der Waals surface area (Å²) in [5.41, 5.74) is 1.65. The lowest BCUT2D eigenvalue weighted by Gasteiger charge is -2.24. The predicted molar refractivity (Wildman–Crippen MR) is 73.4 cm³/mol. The van der Waals surface area contributed by atoms with Crippen LogP contribution in [0.1, 0.15) is 18.9 Å². The number of nitrogens with one attached hydrogen (secondary N) is 1. The van der Waals surface area contributed by atoms with Crippen molar-refractivity contribution in [1.82, 2.24) is 10.2 Å². The zero-order chi connectivity index (χ0) is 12.3. The Balaban J connectivity index is 1.96. The van der Waals surface area contributed by atoms with Crippen LogP contribution in [0.5, 0.6) is 0 Å². The fourth-order valence-corrected chi connectivity index (χ4v) is 2.90. The zero-order valence-corrected chi connectivity index (χ0v) is 11.4. The maximum absolute atomic E-state index is 6.20. The van der Waals surface area contributed by atoms with Crippen molar-refractivity contribution < 1.29 is 0 Å². The van der Waals surface area contributed by atoms with Gasteiger partial charge in [-0.1, -0.05) is 36.7 Å². The molecule has 1 aromatic carbocycles. The van der Waals surface area contributed by atoms with Crippen LogP contribution < -0.4 is 5.32 Å². The second-order valence-corrected chi connectivity index (χ2v) is 5.80. The van der Waals surface area contributed by atoms with Gasteiger partial charge in [-0.05, 0) is 37.1 Å². The molecule has 1 saturated heterocycles. The highest BCUT2D eigenvalue weighted by atomic mass is 35.5. The molecule has 1 fully saturated rings. The first-order chi connectivity index (χ1) is 8.13. The molecule has 1 aliphatic heterocycles. The van der Waals surface area contributed by atoms with Crippen LogP contribution in [0.25, 0.3) is 0 Å². The summed E-state index contributed by atoms with van der Waals surface area (Å²) in [5, 5.41) is 4.18. The second-order valence-electron chi connectivity index (χ2n) is 5.39. The Bertz CT molecular complexity index is 380. The van der Waals surface area contributed by atoms with E-state index in [9.17, 15) is 0 Å². The minimum atomic E-state index is 0.413. The van der Waals surface area contributed by atoms with Gasteiger partial charge in [0.05, 0.1) is 0 Å². The topological polar surface area (TPSA) is 15.3 Å². The van der Waals surface area contributed by atoms with Gasteiger partial charge in [-0.3, -0.25) is 4.90 Å². The van der Waals surface area contributed by atoms with Gasteiger partial charge in [-0.25, -0.2) is 0 Å². The van der Waals surface area contributed by atoms with Crippen molar-refractivity contribution in [2.24, 2.45) is 5.41 Å². The Labute approximate surface area is 109 Å². The summed E-state index contributed by atoms with van der Waals surface area (Å²) < 4.78 is 0. The van der Waals surface area contributed by atoms with E-state index in [1.54, 1.807) is 0 Å². The molecule has 0 saturated carbocycles. The van der Waals surface area contributed by atoms with Crippen LogP contribution in [0.15, 0.2) is 24.3 Å². The monoisotopic (exact) mass is 252 g/mol. The van der Waals surface area contributed by atoms with Gasteiger partial charge < -0.3 is 5.32 Å². The maximum Gasteiger partial charge on any atom is 0.0451 e. The van der Waals surface area contributed by atoms with Crippen molar-refractivity contribution >= 4 is 11.6 Å². The van der Waals surface area contributed by atoms with Gasteiger partial charge in [0.25, 0.3) is 0 Å². The molecule has 1 N–H and O–H groups in total. The molecular weight excluding hydrogens is 232 g/mol. The Hall–Kier alpha value is -0.570. The van der Waals surface area contributed by atoms with Gasteiger partial charge in [0.1, 0.15) is 0 Å². The summed E-state index contributed by atoms with van der Waals surface area (Å²) in [6.45, 7) is 6.74. The minimum Gasteiger partial charge on any atom is -0.319 e. The molecule has 0 aromatic heterocycles.